The van der Waals surface area contributed by atoms with E-state index in [1.54, 1.807) is 6.07 Å². The predicted molar refractivity (Wildman–Crippen MR) is 75.4 cm³/mol. The van der Waals surface area contributed by atoms with Crippen LogP contribution in [0.1, 0.15) is 42.6 Å². The molecule has 100 valence electrons. The standard InChI is InChI=1S/C14H19BrO3/c1-9(2)5-4-6-18-13-10(3)7-11(15)8-12(13)14(16)17/h7-9H,4-6H2,1-3H3,(H,16,17). The van der Waals surface area contributed by atoms with Crippen molar-refractivity contribution in [3.8, 4) is 5.75 Å². The highest BCUT2D eigenvalue weighted by atomic mass is 79.9. The minimum Gasteiger partial charge on any atom is -0.492 e. The summed E-state index contributed by atoms with van der Waals surface area (Å²) in [6, 6.07) is 3.44. The Hall–Kier alpha value is -1.03. The number of rotatable bonds is 6. The summed E-state index contributed by atoms with van der Waals surface area (Å²) in [4.78, 5) is 11.2. The van der Waals surface area contributed by atoms with Crippen LogP contribution >= 0.6 is 15.9 Å². The highest BCUT2D eigenvalue weighted by Crippen LogP contribution is 2.28. The van der Waals surface area contributed by atoms with Crippen LogP contribution in [0.5, 0.6) is 5.75 Å². The van der Waals surface area contributed by atoms with E-state index in [4.69, 9.17) is 9.84 Å². The third-order valence-corrected chi connectivity index (χ3v) is 3.10. The lowest BCUT2D eigenvalue weighted by Gasteiger charge is -2.13. The lowest BCUT2D eigenvalue weighted by Crippen LogP contribution is -2.07. The molecule has 1 aromatic rings. The average molecular weight is 315 g/mol. The number of benzene rings is 1. The first-order chi connectivity index (χ1) is 8.41. The fraction of sp³-hybridized carbons (Fsp3) is 0.500. The molecular weight excluding hydrogens is 296 g/mol. The van der Waals surface area contributed by atoms with Crippen molar-refractivity contribution in [2.24, 2.45) is 5.92 Å². The lowest BCUT2D eigenvalue weighted by molar-refractivity contribution is 0.0691. The van der Waals surface area contributed by atoms with E-state index in [-0.39, 0.29) is 5.56 Å². The second-order valence-corrected chi connectivity index (χ2v) is 5.70. The molecule has 18 heavy (non-hydrogen) atoms. The van der Waals surface area contributed by atoms with Gasteiger partial charge in [-0.25, -0.2) is 4.79 Å². The number of hydrogen-bond acceptors (Lipinski definition) is 2. The van der Waals surface area contributed by atoms with E-state index in [1.165, 1.54) is 0 Å². The first-order valence-electron chi connectivity index (χ1n) is 6.08. The Morgan fingerprint density at radius 2 is 2.11 bits per heavy atom. The van der Waals surface area contributed by atoms with Crippen LogP contribution in [-0.4, -0.2) is 17.7 Å². The quantitative estimate of drug-likeness (QED) is 0.797. The van der Waals surface area contributed by atoms with Gasteiger partial charge in [0.1, 0.15) is 11.3 Å². The van der Waals surface area contributed by atoms with Gasteiger partial charge in [0.2, 0.25) is 0 Å². The van der Waals surface area contributed by atoms with Crippen molar-refractivity contribution in [2.75, 3.05) is 6.61 Å². The molecule has 0 bridgehead atoms. The van der Waals surface area contributed by atoms with Gasteiger partial charge in [-0.3, -0.25) is 0 Å². The number of aryl methyl sites for hydroxylation is 1. The van der Waals surface area contributed by atoms with Crippen LogP contribution in [0.15, 0.2) is 16.6 Å². The highest BCUT2D eigenvalue weighted by Gasteiger charge is 2.15. The van der Waals surface area contributed by atoms with E-state index in [2.05, 4.69) is 29.8 Å². The molecule has 1 N–H and O–H groups in total. The smallest absolute Gasteiger partial charge is 0.339 e. The molecule has 4 heteroatoms. The SMILES string of the molecule is Cc1cc(Br)cc(C(=O)O)c1OCCCC(C)C. The summed E-state index contributed by atoms with van der Waals surface area (Å²) in [5.74, 6) is 0.159. The number of carboxylic acid groups (broad SMARTS) is 1. The number of hydrogen-bond donors (Lipinski definition) is 1. The number of carbonyl (C=O) groups is 1. The summed E-state index contributed by atoms with van der Waals surface area (Å²) in [7, 11) is 0. The van der Waals surface area contributed by atoms with Crippen LogP contribution in [0.2, 0.25) is 0 Å². The van der Waals surface area contributed by atoms with Crippen molar-refractivity contribution in [2.45, 2.75) is 33.6 Å². The summed E-state index contributed by atoms with van der Waals surface area (Å²) in [5.41, 5.74) is 1.05. The molecule has 3 nitrogen and oxygen atoms in total. The van der Waals surface area contributed by atoms with Gasteiger partial charge in [-0.15, -0.1) is 0 Å². The topological polar surface area (TPSA) is 46.5 Å². The van der Waals surface area contributed by atoms with Gasteiger partial charge in [-0.05, 0) is 43.4 Å². The molecule has 0 aliphatic heterocycles. The minimum absolute atomic E-state index is 0.214. The molecular formula is C14H19BrO3. The summed E-state index contributed by atoms with van der Waals surface area (Å²) in [6.45, 7) is 6.73. The fourth-order valence-corrected chi connectivity index (χ4v) is 2.32. The molecule has 0 aliphatic rings. The van der Waals surface area contributed by atoms with E-state index >= 15 is 0 Å². The third kappa shape index (κ3) is 4.33. The van der Waals surface area contributed by atoms with Gasteiger partial charge in [0, 0.05) is 4.47 Å². The Labute approximate surface area is 116 Å². The zero-order chi connectivity index (χ0) is 13.7. The zero-order valence-electron chi connectivity index (χ0n) is 11.0. The Morgan fingerprint density at radius 3 is 2.67 bits per heavy atom. The van der Waals surface area contributed by atoms with Gasteiger partial charge in [0.15, 0.2) is 0 Å². The predicted octanol–water partition coefficient (Wildman–Crippen LogP) is 4.27. The zero-order valence-corrected chi connectivity index (χ0v) is 12.6. The van der Waals surface area contributed by atoms with Crippen molar-refractivity contribution < 1.29 is 14.6 Å². The van der Waals surface area contributed by atoms with Gasteiger partial charge in [0.25, 0.3) is 0 Å². The van der Waals surface area contributed by atoms with Gasteiger partial charge in [-0.1, -0.05) is 29.8 Å². The molecule has 0 fully saturated rings. The second-order valence-electron chi connectivity index (χ2n) is 4.79. The fourth-order valence-electron chi connectivity index (χ4n) is 1.75. The molecule has 0 saturated heterocycles. The average Bonchev–Trinajstić information content (AvgIpc) is 2.25. The van der Waals surface area contributed by atoms with Gasteiger partial charge in [-0.2, -0.15) is 0 Å². The molecule has 0 radical (unpaired) electrons. The van der Waals surface area contributed by atoms with Crippen LogP contribution in [-0.2, 0) is 0 Å². The van der Waals surface area contributed by atoms with Crippen molar-refractivity contribution >= 4 is 21.9 Å². The van der Waals surface area contributed by atoms with E-state index < -0.39 is 5.97 Å². The van der Waals surface area contributed by atoms with Crippen molar-refractivity contribution in [3.63, 3.8) is 0 Å². The molecule has 1 rings (SSSR count). The van der Waals surface area contributed by atoms with E-state index in [9.17, 15) is 4.79 Å². The van der Waals surface area contributed by atoms with E-state index in [1.807, 2.05) is 13.0 Å². The molecule has 0 unspecified atom stereocenters. The Kier molecular flexibility index (Phi) is 5.66. The monoisotopic (exact) mass is 314 g/mol. The Balaban J connectivity index is 2.77. The molecule has 1 aromatic carbocycles. The molecule has 0 saturated carbocycles. The van der Waals surface area contributed by atoms with Gasteiger partial charge >= 0.3 is 5.97 Å². The van der Waals surface area contributed by atoms with Crippen molar-refractivity contribution in [1.82, 2.24) is 0 Å². The van der Waals surface area contributed by atoms with Gasteiger partial charge < -0.3 is 9.84 Å². The van der Waals surface area contributed by atoms with Crippen molar-refractivity contribution in [1.29, 1.82) is 0 Å². The maximum atomic E-state index is 11.2. The summed E-state index contributed by atoms with van der Waals surface area (Å²) >= 11 is 3.30. The highest BCUT2D eigenvalue weighted by molar-refractivity contribution is 9.10. The minimum atomic E-state index is -0.960. The van der Waals surface area contributed by atoms with Crippen LogP contribution in [0.3, 0.4) is 0 Å². The molecule has 0 spiro atoms. The maximum Gasteiger partial charge on any atom is 0.339 e. The number of aromatic carboxylic acids is 1. The van der Waals surface area contributed by atoms with E-state index in [0.717, 1.165) is 22.9 Å². The number of halogens is 1. The van der Waals surface area contributed by atoms with Crippen LogP contribution in [0.25, 0.3) is 0 Å². The number of ether oxygens (including phenoxy) is 1. The maximum absolute atomic E-state index is 11.2. The molecule has 0 aromatic heterocycles. The van der Waals surface area contributed by atoms with E-state index in [0.29, 0.717) is 18.3 Å². The second kappa shape index (κ2) is 6.78. The normalized spacial score (nSPS) is 10.7. The number of carboxylic acids is 1. The third-order valence-electron chi connectivity index (χ3n) is 2.64. The van der Waals surface area contributed by atoms with Crippen LogP contribution in [0.4, 0.5) is 0 Å². The summed E-state index contributed by atoms with van der Waals surface area (Å²) in [5, 5.41) is 9.16. The van der Waals surface area contributed by atoms with Crippen molar-refractivity contribution in [3.05, 3.63) is 27.7 Å². The van der Waals surface area contributed by atoms with Crippen LogP contribution < -0.4 is 4.74 Å². The lowest BCUT2D eigenvalue weighted by atomic mass is 10.1. The van der Waals surface area contributed by atoms with Gasteiger partial charge in [0.05, 0.1) is 6.61 Å². The Morgan fingerprint density at radius 1 is 1.44 bits per heavy atom. The molecule has 0 aliphatic carbocycles. The molecule has 0 atom stereocenters. The Bertz CT molecular complexity index is 427. The van der Waals surface area contributed by atoms with Crippen LogP contribution in [0, 0.1) is 12.8 Å². The largest absolute Gasteiger partial charge is 0.492 e. The summed E-state index contributed by atoms with van der Waals surface area (Å²) in [6.07, 6.45) is 2.02. The first kappa shape index (κ1) is 15.0. The molecule has 0 amide bonds. The first-order valence-corrected chi connectivity index (χ1v) is 6.87. The molecule has 0 heterocycles. The summed E-state index contributed by atoms with van der Waals surface area (Å²) < 4.78 is 6.39.